The molecule has 1 nitrogen and oxygen atoms in total. The molecule has 0 aromatic rings. The predicted octanol–water partition coefficient (Wildman–Crippen LogP) is 1.33. The number of hydrogen-bond acceptors (Lipinski definition) is 1. The molecule has 0 aliphatic rings. The zero-order valence-electron chi connectivity index (χ0n) is 3.44. The van der Waals surface area contributed by atoms with Crippen molar-refractivity contribution >= 4 is 17.9 Å². The molecule has 2 heteroatoms. The molecular weight excluding hydrogens is 99.5 g/mol. The van der Waals surface area contributed by atoms with E-state index < -0.39 is 0 Å². The van der Waals surface area contributed by atoms with Crippen LogP contribution >= 0.6 is 11.6 Å². The van der Waals surface area contributed by atoms with Gasteiger partial charge in [0.05, 0.1) is 0 Å². The van der Waals surface area contributed by atoms with Crippen LogP contribution in [0, 0.1) is 0 Å². The van der Waals surface area contributed by atoms with Crippen LogP contribution < -0.4 is 0 Å². The summed E-state index contributed by atoms with van der Waals surface area (Å²) in [5.74, 6) is 0. The summed E-state index contributed by atoms with van der Waals surface area (Å²) in [5.41, 5.74) is 0. The fourth-order valence-corrected chi connectivity index (χ4v) is 0.145. The quantitative estimate of drug-likeness (QED) is 0.362. The van der Waals surface area contributed by atoms with Crippen LogP contribution in [0.5, 0.6) is 0 Å². The third-order valence-corrected chi connectivity index (χ3v) is 0.424. The second-order valence-corrected chi connectivity index (χ2v) is 1.49. The number of hydrogen-bond donors (Lipinski definition) is 0. The van der Waals surface area contributed by atoms with Crippen LogP contribution in [0.4, 0.5) is 0 Å². The molecule has 0 aliphatic heterocycles. The number of allylic oxidation sites excluding steroid dienone is 2. The number of halogens is 1. The second kappa shape index (κ2) is 2.91. The van der Waals surface area contributed by atoms with E-state index >= 15 is 0 Å². The molecular formula is C4H5ClO. The zero-order chi connectivity index (χ0) is 4.99. The van der Waals surface area contributed by atoms with Crippen molar-refractivity contribution in [2.24, 2.45) is 0 Å². The van der Waals surface area contributed by atoms with Gasteiger partial charge in [-0.2, -0.15) is 0 Å². The van der Waals surface area contributed by atoms with E-state index in [2.05, 4.69) is 0 Å². The number of rotatable bonds is 1. The van der Waals surface area contributed by atoms with Gasteiger partial charge in [0.15, 0.2) is 0 Å². The first-order valence-corrected chi connectivity index (χ1v) is 1.92. The lowest BCUT2D eigenvalue weighted by Gasteiger charge is -1.70. The van der Waals surface area contributed by atoms with Crippen molar-refractivity contribution in [2.75, 3.05) is 0 Å². The summed E-state index contributed by atoms with van der Waals surface area (Å²) in [6.07, 6.45) is 1.95. The molecule has 0 rings (SSSR count). The van der Waals surface area contributed by atoms with Gasteiger partial charge < -0.3 is 0 Å². The summed E-state index contributed by atoms with van der Waals surface area (Å²) < 4.78 is 0. The van der Waals surface area contributed by atoms with E-state index in [1.54, 1.807) is 6.92 Å². The Kier molecular flexibility index (Phi) is 2.77. The smallest absolute Gasteiger partial charge is 0.143 e. The molecule has 0 amide bonds. The van der Waals surface area contributed by atoms with E-state index in [-0.39, 0.29) is 0 Å². The van der Waals surface area contributed by atoms with Crippen LogP contribution in [0.3, 0.4) is 0 Å². The molecule has 0 saturated heterocycles. The molecule has 0 spiro atoms. The number of aldehydes is 1. The van der Waals surface area contributed by atoms with E-state index in [9.17, 15) is 4.79 Å². The second-order valence-electron chi connectivity index (χ2n) is 0.890. The van der Waals surface area contributed by atoms with Gasteiger partial charge in [0.1, 0.15) is 6.29 Å². The van der Waals surface area contributed by atoms with Gasteiger partial charge in [0.2, 0.25) is 0 Å². The van der Waals surface area contributed by atoms with Crippen molar-refractivity contribution in [2.45, 2.75) is 6.92 Å². The molecule has 0 saturated carbocycles. The molecule has 0 radical (unpaired) electrons. The summed E-state index contributed by atoms with van der Waals surface area (Å²) in [4.78, 5) is 9.45. The SMILES string of the molecule is C/C(Cl)=C/C=O. The molecule has 0 unspecified atom stereocenters. The molecule has 0 aromatic heterocycles. The summed E-state index contributed by atoms with van der Waals surface area (Å²) >= 11 is 5.21. The summed E-state index contributed by atoms with van der Waals surface area (Å²) in [6, 6.07) is 0. The summed E-state index contributed by atoms with van der Waals surface area (Å²) in [5, 5.41) is 0.519. The van der Waals surface area contributed by atoms with Gasteiger partial charge in [0, 0.05) is 5.03 Å². The first-order chi connectivity index (χ1) is 2.77. The molecule has 0 atom stereocenters. The Labute approximate surface area is 41.6 Å². The normalized spacial score (nSPS) is 11.3. The van der Waals surface area contributed by atoms with Crippen molar-refractivity contribution in [3.8, 4) is 0 Å². The average molecular weight is 105 g/mol. The molecule has 0 aromatic carbocycles. The maximum absolute atomic E-state index is 9.45. The predicted molar refractivity (Wildman–Crippen MR) is 25.7 cm³/mol. The van der Waals surface area contributed by atoms with E-state index in [0.29, 0.717) is 11.3 Å². The van der Waals surface area contributed by atoms with E-state index in [1.807, 2.05) is 0 Å². The monoisotopic (exact) mass is 104 g/mol. The van der Waals surface area contributed by atoms with E-state index in [0.717, 1.165) is 0 Å². The largest absolute Gasteiger partial charge is 0.299 e. The Morgan fingerprint density at radius 1 is 1.83 bits per heavy atom. The first kappa shape index (κ1) is 5.70. The Bertz CT molecular complexity index is 71.6. The van der Waals surface area contributed by atoms with Crippen molar-refractivity contribution in [1.82, 2.24) is 0 Å². The molecule has 0 heterocycles. The van der Waals surface area contributed by atoms with Crippen LogP contribution in [0.2, 0.25) is 0 Å². The Hall–Kier alpha value is -0.300. The van der Waals surface area contributed by atoms with Crippen molar-refractivity contribution in [3.63, 3.8) is 0 Å². The summed E-state index contributed by atoms with van der Waals surface area (Å²) in [6.45, 7) is 1.65. The summed E-state index contributed by atoms with van der Waals surface area (Å²) in [7, 11) is 0. The highest BCUT2D eigenvalue weighted by Crippen LogP contribution is 1.93. The molecule has 0 fully saturated rings. The topological polar surface area (TPSA) is 17.1 Å². The standard InChI is InChI=1S/C4H5ClO/c1-4(5)2-3-6/h2-3H,1H3/b4-2-. The van der Waals surface area contributed by atoms with Crippen molar-refractivity contribution < 1.29 is 4.79 Å². The molecule has 34 valence electrons. The maximum atomic E-state index is 9.45. The Balaban J connectivity index is 3.41. The minimum atomic E-state index is 0.519. The zero-order valence-corrected chi connectivity index (χ0v) is 4.20. The highest BCUT2D eigenvalue weighted by atomic mass is 35.5. The Morgan fingerprint density at radius 2 is 2.33 bits per heavy atom. The Morgan fingerprint density at radius 3 is 2.33 bits per heavy atom. The van der Waals surface area contributed by atoms with Gasteiger partial charge >= 0.3 is 0 Å². The number of carbonyl (C=O) groups is 1. The van der Waals surface area contributed by atoms with Crippen LogP contribution in [0.15, 0.2) is 11.1 Å². The van der Waals surface area contributed by atoms with Crippen LogP contribution in [-0.2, 0) is 4.79 Å². The number of carbonyl (C=O) groups excluding carboxylic acids is 1. The average Bonchev–Trinajstić information content (AvgIpc) is 1.35. The fourth-order valence-electron chi connectivity index (χ4n) is 0.0938. The minimum absolute atomic E-state index is 0.519. The minimum Gasteiger partial charge on any atom is -0.299 e. The lowest BCUT2D eigenvalue weighted by Crippen LogP contribution is -1.58. The van der Waals surface area contributed by atoms with Crippen LogP contribution in [0.1, 0.15) is 6.92 Å². The van der Waals surface area contributed by atoms with Gasteiger partial charge in [-0.05, 0) is 13.0 Å². The molecule has 6 heavy (non-hydrogen) atoms. The third kappa shape index (κ3) is 3.70. The highest BCUT2D eigenvalue weighted by molar-refractivity contribution is 6.30. The molecule has 0 N–H and O–H groups in total. The van der Waals surface area contributed by atoms with Crippen molar-refractivity contribution in [3.05, 3.63) is 11.1 Å². The van der Waals surface area contributed by atoms with Crippen LogP contribution in [0.25, 0.3) is 0 Å². The first-order valence-electron chi connectivity index (χ1n) is 1.55. The van der Waals surface area contributed by atoms with Gasteiger partial charge in [-0.3, -0.25) is 4.79 Å². The molecule has 0 bridgehead atoms. The van der Waals surface area contributed by atoms with Gasteiger partial charge in [-0.1, -0.05) is 11.6 Å². The van der Waals surface area contributed by atoms with E-state index in [1.165, 1.54) is 6.08 Å². The van der Waals surface area contributed by atoms with Crippen LogP contribution in [-0.4, -0.2) is 6.29 Å². The van der Waals surface area contributed by atoms with Gasteiger partial charge in [-0.25, -0.2) is 0 Å². The third-order valence-electron chi connectivity index (χ3n) is 0.298. The highest BCUT2D eigenvalue weighted by Gasteiger charge is 1.70. The van der Waals surface area contributed by atoms with Gasteiger partial charge in [0.25, 0.3) is 0 Å². The van der Waals surface area contributed by atoms with E-state index in [4.69, 9.17) is 11.6 Å². The lowest BCUT2D eigenvalue weighted by molar-refractivity contribution is -0.104. The molecule has 0 aliphatic carbocycles. The fraction of sp³-hybridized carbons (Fsp3) is 0.250. The maximum Gasteiger partial charge on any atom is 0.143 e. The van der Waals surface area contributed by atoms with Crippen molar-refractivity contribution in [1.29, 1.82) is 0 Å². The van der Waals surface area contributed by atoms with Gasteiger partial charge in [-0.15, -0.1) is 0 Å². The lowest BCUT2D eigenvalue weighted by atomic mass is 10.6.